The highest BCUT2D eigenvalue weighted by atomic mass is 19.1. The number of nitrogens with zero attached hydrogens (tertiary/aromatic N) is 4. The molecule has 1 aliphatic rings. The monoisotopic (exact) mass is 246 g/mol. The normalized spacial score (nSPS) is 18.3. The second-order valence-corrected chi connectivity index (χ2v) is 4.11. The number of aliphatic imine (C=N–C) groups is 1. The smallest absolute Gasteiger partial charge is 0.146 e. The van der Waals surface area contributed by atoms with Crippen LogP contribution in [0.2, 0.25) is 0 Å². The van der Waals surface area contributed by atoms with Crippen molar-refractivity contribution in [2.24, 2.45) is 10.7 Å². The molecule has 0 bridgehead atoms. The van der Waals surface area contributed by atoms with E-state index in [9.17, 15) is 4.39 Å². The van der Waals surface area contributed by atoms with E-state index in [1.165, 1.54) is 18.3 Å². The summed E-state index contributed by atoms with van der Waals surface area (Å²) >= 11 is 0. The molecule has 3 rings (SSSR count). The van der Waals surface area contributed by atoms with Crippen LogP contribution in [0.15, 0.2) is 29.4 Å². The van der Waals surface area contributed by atoms with E-state index in [4.69, 9.17) is 11.5 Å². The standard InChI is InChI=1S/C11H11FN6/c12-8-2-1-6(13)3-7(8)9-5-18-10(4-15-17-18)11(14)16-9/h1-4,9H,5,13H2,(H2,14,16). The fraction of sp³-hybridized carbons (Fsp3) is 0.182. The summed E-state index contributed by atoms with van der Waals surface area (Å²) in [7, 11) is 0. The fourth-order valence-electron chi connectivity index (χ4n) is 2.02. The second kappa shape index (κ2) is 3.80. The Morgan fingerprint density at radius 1 is 1.33 bits per heavy atom. The third-order valence-corrected chi connectivity index (χ3v) is 2.90. The molecule has 1 unspecified atom stereocenters. The van der Waals surface area contributed by atoms with E-state index >= 15 is 0 Å². The van der Waals surface area contributed by atoms with Gasteiger partial charge in [-0.25, -0.2) is 9.07 Å². The first-order valence-electron chi connectivity index (χ1n) is 5.42. The zero-order valence-electron chi connectivity index (χ0n) is 9.42. The number of nitrogens with two attached hydrogens (primary N) is 2. The molecule has 18 heavy (non-hydrogen) atoms. The lowest BCUT2D eigenvalue weighted by Crippen LogP contribution is -2.27. The third-order valence-electron chi connectivity index (χ3n) is 2.90. The minimum atomic E-state index is -0.428. The largest absolute Gasteiger partial charge is 0.399 e. The Morgan fingerprint density at radius 3 is 3.00 bits per heavy atom. The molecule has 2 aromatic rings. The van der Waals surface area contributed by atoms with Crippen molar-refractivity contribution in [3.05, 3.63) is 41.5 Å². The summed E-state index contributed by atoms with van der Waals surface area (Å²) in [6.45, 7) is 0.399. The van der Waals surface area contributed by atoms with Crippen molar-refractivity contribution >= 4 is 11.5 Å². The highest BCUT2D eigenvalue weighted by Gasteiger charge is 2.24. The van der Waals surface area contributed by atoms with Gasteiger partial charge in [-0.3, -0.25) is 4.99 Å². The number of amidine groups is 1. The molecule has 0 saturated heterocycles. The minimum absolute atomic E-state index is 0.304. The van der Waals surface area contributed by atoms with Crippen LogP contribution in [0.3, 0.4) is 0 Å². The van der Waals surface area contributed by atoms with Gasteiger partial charge in [0.05, 0.1) is 18.8 Å². The molecular weight excluding hydrogens is 235 g/mol. The molecule has 4 N–H and O–H groups in total. The molecule has 1 atom stereocenters. The molecular formula is C11H11FN6. The molecule has 0 amide bonds. The van der Waals surface area contributed by atoms with Crippen LogP contribution in [-0.2, 0) is 6.54 Å². The van der Waals surface area contributed by atoms with E-state index in [-0.39, 0.29) is 5.82 Å². The van der Waals surface area contributed by atoms with Gasteiger partial charge in [0.2, 0.25) is 0 Å². The molecule has 1 aromatic heterocycles. The Labute approximate surface area is 102 Å². The zero-order valence-corrected chi connectivity index (χ0v) is 9.42. The fourth-order valence-corrected chi connectivity index (χ4v) is 2.02. The summed E-state index contributed by atoms with van der Waals surface area (Å²) in [6, 6.07) is 3.98. The Bertz CT molecular complexity index is 632. The van der Waals surface area contributed by atoms with Gasteiger partial charge in [0.15, 0.2) is 0 Å². The molecule has 7 heteroatoms. The SMILES string of the molecule is NC1=NC(c2cc(N)ccc2F)Cn2nncc21. The molecule has 0 saturated carbocycles. The Kier molecular flexibility index (Phi) is 2.26. The molecule has 1 aliphatic heterocycles. The van der Waals surface area contributed by atoms with Crippen molar-refractivity contribution in [2.75, 3.05) is 5.73 Å². The topological polar surface area (TPSA) is 95.1 Å². The van der Waals surface area contributed by atoms with Gasteiger partial charge < -0.3 is 11.5 Å². The summed E-state index contributed by atoms with van der Waals surface area (Å²) in [5, 5.41) is 7.64. The molecule has 92 valence electrons. The molecule has 0 radical (unpaired) electrons. The Hall–Kier alpha value is -2.44. The Morgan fingerprint density at radius 2 is 2.17 bits per heavy atom. The molecule has 2 heterocycles. The molecule has 6 nitrogen and oxygen atoms in total. The average molecular weight is 246 g/mol. The lowest BCUT2D eigenvalue weighted by molar-refractivity contribution is 0.479. The number of rotatable bonds is 1. The highest BCUT2D eigenvalue weighted by molar-refractivity contribution is 5.96. The summed E-state index contributed by atoms with van der Waals surface area (Å²) in [5.74, 6) is -0.0487. The van der Waals surface area contributed by atoms with Crippen molar-refractivity contribution in [1.29, 1.82) is 0 Å². The molecule has 0 aliphatic carbocycles. The number of aromatic nitrogens is 3. The van der Waals surface area contributed by atoms with Crippen molar-refractivity contribution in [3.63, 3.8) is 0 Å². The van der Waals surface area contributed by atoms with Gasteiger partial charge in [0.25, 0.3) is 0 Å². The third kappa shape index (κ3) is 1.60. The summed E-state index contributed by atoms with van der Waals surface area (Å²) in [6.07, 6.45) is 1.53. The van der Waals surface area contributed by atoms with E-state index < -0.39 is 6.04 Å². The maximum absolute atomic E-state index is 13.8. The Balaban J connectivity index is 2.05. The van der Waals surface area contributed by atoms with E-state index in [1.807, 2.05) is 0 Å². The number of fused-ring (bicyclic) bond motifs is 1. The first-order valence-corrected chi connectivity index (χ1v) is 5.42. The van der Waals surface area contributed by atoms with E-state index in [0.717, 1.165) is 0 Å². The minimum Gasteiger partial charge on any atom is -0.399 e. The van der Waals surface area contributed by atoms with Crippen LogP contribution in [-0.4, -0.2) is 20.8 Å². The van der Waals surface area contributed by atoms with Crippen LogP contribution in [0.4, 0.5) is 10.1 Å². The van der Waals surface area contributed by atoms with Gasteiger partial charge in [-0.2, -0.15) is 0 Å². The van der Waals surface area contributed by atoms with Crippen LogP contribution in [0.1, 0.15) is 17.3 Å². The van der Waals surface area contributed by atoms with Crippen LogP contribution >= 0.6 is 0 Å². The first-order chi connectivity index (χ1) is 8.65. The van der Waals surface area contributed by atoms with Crippen LogP contribution in [0, 0.1) is 5.82 Å². The van der Waals surface area contributed by atoms with E-state index in [1.54, 1.807) is 10.7 Å². The van der Waals surface area contributed by atoms with Crippen molar-refractivity contribution < 1.29 is 4.39 Å². The van der Waals surface area contributed by atoms with Gasteiger partial charge >= 0.3 is 0 Å². The maximum atomic E-state index is 13.8. The van der Waals surface area contributed by atoms with Gasteiger partial charge in [-0.15, -0.1) is 5.10 Å². The molecule has 1 aromatic carbocycles. The van der Waals surface area contributed by atoms with Crippen LogP contribution < -0.4 is 11.5 Å². The van der Waals surface area contributed by atoms with Gasteiger partial charge in [-0.05, 0) is 18.2 Å². The van der Waals surface area contributed by atoms with Gasteiger partial charge in [0.1, 0.15) is 17.3 Å². The maximum Gasteiger partial charge on any atom is 0.146 e. The predicted octanol–water partition coefficient (Wildman–Crippen LogP) is 0.460. The number of hydrogen-bond acceptors (Lipinski definition) is 5. The molecule has 0 spiro atoms. The zero-order chi connectivity index (χ0) is 12.7. The van der Waals surface area contributed by atoms with Gasteiger partial charge in [0, 0.05) is 11.3 Å². The summed E-state index contributed by atoms with van der Waals surface area (Å²) < 4.78 is 15.4. The van der Waals surface area contributed by atoms with E-state index in [0.29, 0.717) is 29.3 Å². The average Bonchev–Trinajstić information content (AvgIpc) is 2.81. The number of nitrogen functional groups attached to an aromatic ring is 1. The van der Waals surface area contributed by atoms with Crippen molar-refractivity contribution in [2.45, 2.75) is 12.6 Å². The predicted molar refractivity (Wildman–Crippen MR) is 64.3 cm³/mol. The second-order valence-electron chi connectivity index (χ2n) is 4.11. The lowest BCUT2D eigenvalue weighted by Gasteiger charge is -2.20. The van der Waals surface area contributed by atoms with Gasteiger partial charge in [-0.1, -0.05) is 5.21 Å². The first kappa shape index (κ1) is 10.7. The van der Waals surface area contributed by atoms with Crippen LogP contribution in [0.25, 0.3) is 0 Å². The lowest BCUT2D eigenvalue weighted by atomic mass is 10.0. The van der Waals surface area contributed by atoms with Crippen molar-refractivity contribution in [1.82, 2.24) is 15.0 Å². The van der Waals surface area contributed by atoms with E-state index in [2.05, 4.69) is 15.3 Å². The highest BCUT2D eigenvalue weighted by Crippen LogP contribution is 2.27. The molecule has 0 fully saturated rings. The quantitative estimate of drug-likeness (QED) is 0.714. The number of hydrogen-bond donors (Lipinski definition) is 2. The summed E-state index contributed by atoms with van der Waals surface area (Å²) in [4.78, 5) is 4.27. The van der Waals surface area contributed by atoms with Crippen molar-refractivity contribution in [3.8, 4) is 0 Å². The van der Waals surface area contributed by atoms with Crippen LogP contribution in [0.5, 0.6) is 0 Å². The summed E-state index contributed by atoms with van der Waals surface area (Å²) in [5.41, 5.74) is 13.0. The number of anilines is 1. The number of benzene rings is 1. The number of halogens is 1.